The second-order valence-electron chi connectivity index (χ2n) is 3.17. The zero-order valence-corrected chi connectivity index (χ0v) is 17.9. The molecule has 0 aromatic carbocycles. The second kappa shape index (κ2) is 16.0. The van der Waals surface area contributed by atoms with E-state index in [-0.39, 0.29) is 86.7 Å². The van der Waals surface area contributed by atoms with E-state index in [1.54, 1.807) is 0 Å². The van der Waals surface area contributed by atoms with Gasteiger partial charge in [0.2, 0.25) is 0 Å². The van der Waals surface area contributed by atoms with Gasteiger partial charge >= 0.3 is 80.9 Å². The van der Waals surface area contributed by atoms with Gasteiger partial charge in [0.1, 0.15) is 0 Å². The molecule has 0 aliphatic carbocycles. The third-order valence-electron chi connectivity index (χ3n) is 1.51. The van der Waals surface area contributed by atoms with Gasteiger partial charge in [-0.1, -0.05) is 32.6 Å². The molecule has 0 spiro atoms. The van der Waals surface area contributed by atoms with Crippen molar-refractivity contribution in [2.45, 2.75) is 39.0 Å². The van der Waals surface area contributed by atoms with Crippen molar-refractivity contribution in [1.29, 1.82) is 0 Å². The van der Waals surface area contributed by atoms with Gasteiger partial charge in [-0.15, -0.1) is 0 Å². The van der Waals surface area contributed by atoms with Crippen LogP contribution in [0.25, 0.3) is 0 Å². The minimum atomic E-state index is -5.14. The quantitative estimate of drug-likeness (QED) is 0.213. The van der Waals surface area contributed by atoms with Crippen LogP contribution in [-0.4, -0.2) is 23.6 Å². The van der Waals surface area contributed by atoms with E-state index in [1.165, 1.54) is 0 Å². The van der Waals surface area contributed by atoms with Crippen LogP contribution in [0.1, 0.15) is 39.0 Å². The summed E-state index contributed by atoms with van der Waals surface area (Å²) in [6.45, 7) is 2.10. The number of hydrogen-bond acceptors (Lipinski definition) is 5. The maximum atomic E-state index is 10.2. The van der Waals surface area contributed by atoms with Gasteiger partial charge in [0.15, 0.2) is 0 Å². The summed E-state index contributed by atoms with van der Waals surface area (Å²) in [4.78, 5) is 24.3. The van der Waals surface area contributed by atoms with Crippen molar-refractivity contribution < 1.29 is 113 Å². The van der Waals surface area contributed by atoms with Crippen LogP contribution in [0, 0.1) is 0 Å². The van der Waals surface area contributed by atoms with Crippen molar-refractivity contribution in [3.63, 3.8) is 0 Å². The maximum absolute atomic E-state index is 10.2. The summed E-state index contributed by atoms with van der Waals surface area (Å²) in [7, 11) is -8.85. The van der Waals surface area contributed by atoms with E-state index in [9.17, 15) is 8.42 Å². The molecule has 0 amide bonds. The Bertz CT molecular complexity index is 297. The molecule has 0 saturated heterocycles. The van der Waals surface area contributed by atoms with E-state index < -0.39 is 17.9 Å². The van der Waals surface area contributed by atoms with E-state index >= 15 is 0 Å². The third-order valence-corrected chi connectivity index (χ3v) is 2.31. The zero-order chi connectivity index (χ0) is 13.2. The largest absolute Gasteiger partial charge is 1.00 e. The Morgan fingerprint density at radius 3 is 1.72 bits per heavy atom. The molecule has 0 bridgehead atoms. The van der Waals surface area contributed by atoms with Gasteiger partial charge in [-0.3, -0.25) is 4.55 Å². The Balaban J connectivity index is -0.000000122. The van der Waals surface area contributed by atoms with Gasteiger partial charge < -0.3 is 19.2 Å². The van der Waals surface area contributed by atoms with Crippen LogP contribution in [0.3, 0.4) is 0 Å². The van der Waals surface area contributed by atoms with Crippen molar-refractivity contribution in [3.8, 4) is 0 Å². The van der Waals surface area contributed by atoms with Crippen molar-refractivity contribution in [2.24, 2.45) is 0 Å². The number of unbranched alkanes of at least 4 members (excludes halogenated alkanes) is 4. The summed E-state index contributed by atoms with van der Waals surface area (Å²) in [5.74, 6) is -0.0866. The fraction of sp³-hybridized carbons (Fsp3) is 1.00. The van der Waals surface area contributed by atoms with Gasteiger partial charge in [-0.05, 0) is 6.42 Å². The average molecular weight is 338 g/mol. The Labute approximate surface area is 173 Å². The molecule has 0 aromatic heterocycles. The molecular weight excluding hydrogens is 321 g/mol. The summed E-state index contributed by atoms with van der Waals surface area (Å²) in [6, 6.07) is 0. The van der Waals surface area contributed by atoms with E-state index in [2.05, 4.69) is 6.92 Å². The molecule has 11 heteroatoms. The topological polar surface area (TPSA) is 138 Å². The van der Waals surface area contributed by atoms with Crippen LogP contribution < -0.4 is 90.7 Å². The van der Waals surface area contributed by atoms with Gasteiger partial charge in [-0.2, -0.15) is 8.42 Å². The van der Waals surface area contributed by atoms with Crippen molar-refractivity contribution in [3.05, 3.63) is 0 Å². The minimum Gasteiger partial charge on any atom is -0.790 e. The van der Waals surface area contributed by atoms with Crippen LogP contribution in [0.2, 0.25) is 0 Å². The molecule has 0 saturated carbocycles. The van der Waals surface area contributed by atoms with Gasteiger partial charge in [0, 0.05) is 0 Å². The summed E-state index contributed by atoms with van der Waals surface area (Å²) in [5, 5.41) is 0. The fourth-order valence-corrected chi connectivity index (χ4v) is 1.46. The molecule has 7 nitrogen and oxygen atoms in total. The van der Waals surface area contributed by atoms with Gasteiger partial charge in [0.05, 0.1) is 13.6 Å². The average Bonchev–Trinajstić information content (AvgIpc) is 1.98. The van der Waals surface area contributed by atoms with Crippen molar-refractivity contribution >= 4 is 17.9 Å². The van der Waals surface area contributed by atoms with E-state index in [4.69, 9.17) is 23.8 Å². The Hall–Kier alpha value is 2.66. The molecule has 0 radical (unpaired) electrons. The Morgan fingerprint density at radius 2 is 1.44 bits per heavy atom. The van der Waals surface area contributed by atoms with E-state index in [1.807, 2.05) is 0 Å². The fourth-order valence-electron chi connectivity index (χ4n) is 0.888. The molecule has 0 aromatic rings. The monoisotopic (exact) mass is 338 g/mol. The predicted octanol–water partition coefficient (Wildman–Crippen LogP) is -6.34. The number of rotatable bonds is 6. The molecule has 0 unspecified atom stereocenters. The van der Waals surface area contributed by atoms with Crippen LogP contribution in [0.15, 0.2) is 0 Å². The van der Waals surface area contributed by atoms with Crippen LogP contribution >= 0.6 is 7.82 Å². The molecule has 0 aliphatic heterocycles. The molecule has 100 valence electrons. The van der Waals surface area contributed by atoms with Crippen LogP contribution in [0.4, 0.5) is 0 Å². The normalized spacial score (nSPS) is 10.5. The standard InChI is InChI=1S/C7H16O3S.K.Na.H3O4P/c1-2-3-4-5-6-7-11(8,9)10;;;1-5(2,3)4/h2-7H2,1H3,(H,8,9,10);;;(H3,1,2,3,4)/q;2*+1;/p-2. The first kappa shape index (κ1) is 28.8. The molecule has 0 atom stereocenters. The molecule has 0 aliphatic rings. The van der Waals surface area contributed by atoms with Crippen molar-refractivity contribution in [2.75, 3.05) is 5.75 Å². The van der Waals surface area contributed by atoms with Crippen LogP contribution in [0.5, 0.6) is 0 Å². The van der Waals surface area contributed by atoms with E-state index in [0.29, 0.717) is 6.42 Å². The van der Waals surface area contributed by atoms with Crippen LogP contribution in [-0.2, 0) is 14.7 Å². The van der Waals surface area contributed by atoms with Crippen molar-refractivity contribution in [1.82, 2.24) is 0 Å². The smallest absolute Gasteiger partial charge is 0.790 e. The number of hydrogen-bond donors (Lipinski definition) is 2. The van der Waals surface area contributed by atoms with Gasteiger partial charge in [-0.25, -0.2) is 0 Å². The third kappa shape index (κ3) is 51.2. The molecule has 18 heavy (non-hydrogen) atoms. The zero-order valence-electron chi connectivity index (χ0n) is 11.0. The summed E-state index contributed by atoms with van der Waals surface area (Å²) in [5.41, 5.74) is 0. The Morgan fingerprint density at radius 1 is 1.11 bits per heavy atom. The Kier molecular flexibility index (Phi) is 25.6. The number of phosphoric acid groups is 1. The molecule has 2 N–H and O–H groups in total. The minimum absolute atomic E-state index is 0. The molecule has 0 rings (SSSR count). The first-order valence-corrected chi connectivity index (χ1v) is 7.86. The summed E-state index contributed by atoms with van der Waals surface area (Å²) < 4.78 is 37.4. The summed E-state index contributed by atoms with van der Waals surface area (Å²) in [6.07, 6.45) is 4.83. The molecule has 0 fully saturated rings. The van der Waals surface area contributed by atoms with Gasteiger partial charge in [0.25, 0.3) is 10.1 Å². The SMILES string of the molecule is CCCCCCCS(=O)(=O)O.O=P([O-])([O-])O.[K+].[Na+]. The summed E-state index contributed by atoms with van der Waals surface area (Å²) >= 11 is 0. The molecular formula is C7H17KNaO7PS. The predicted molar refractivity (Wildman–Crippen MR) is 55.0 cm³/mol. The first-order chi connectivity index (χ1) is 7.06. The maximum Gasteiger partial charge on any atom is 1.00 e. The molecule has 0 heterocycles. The van der Waals surface area contributed by atoms with E-state index in [0.717, 1.165) is 25.7 Å². The first-order valence-electron chi connectivity index (χ1n) is 4.76. The second-order valence-corrected chi connectivity index (χ2v) is 5.68.